The van der Waals surface area contributed by atoms with Crippen LogP contribution in [0.1, 0.15) is 24.0 Å². The molecule has 1 fully saturated rings. The Morgan fingerprint density at radius 3 is 2.76 bits per heavy atom. The molecule has 2 N–H and O–H groups in total. The highest BCUT2D eigenvalue weighted by atomic mass is 16.3. The summed E-state index contributed by atoms with van der Waals surface area (Å²) >= 11 is 0. The van der Waals surface area contributed by atoms with Crippen LogP contribution < -0.4 is 5.73 Å². The van der Waals surface area contributed by atoms with Crippen LogP contribution >= 0.6 is 0 Å². The second-order valence-corrected chi connectivity index (χ2v) is 4.74. The SMILES string of the molecule is NCc1cccc2occ(CN3CCCC3)c12. The third-order valence-corrected chi connectivity index (χ3v) is 3.57. The number of fused-ring (bicyclic) bond motifs is 1. The highest BCUT2D eigenvalue weighted by Gasteiger charge is 2.16. The Hall–Kier alpha value is -1.32. The lowest BCUT2D eigenvalue weighted by atomic mass is 10.1. The van der Waals surface area contributed by atoms with Crippen molar-refractivity contribution in [3.63, 3.8) is 0 Å². The number of nitrogens with two attached hydrogens (primary N) is 1. The van der Waals surface area contributed by atoms with Gasteiger partial charge < -0.3 is 10.2 Å². The minimum Gasteiger partial charge on any atom is -0.464 e. The third kappa shape index (κ3) is 1.96. The van der Waals surface area contributed by atoms with Crippen LogP contribution in [0.15, 0.2) is 28.9 Å². The van der Waals surface area contributed by atoms with Crippen LogP contribution in [0.2, 0.25) is 0 Å². The molecule has 17 heavy (non-hydrogen) atoms. The van der Waals surface area contributed by atoms with Crippen LogP contribution in [0, 0.1) is 0 Å². The molecule has 0 saturated carbocycles. The molecule has 3 heteroatoms. The second kappa shape index (κ2) is 4.51. The van der Waals surface area contributed by atoms with E-state index in [2.05, 4.69) is 11.0 Å². The van der Waals surface area contributed by atoms with Gasteiger partial charge in [0.2, 0.25) is 0 Å². The highest BCUT2D eigenvalue weighted by molar-refractivity contribution is 5.84. The highest BCUT2D eigenvalue weighted by Crippen LogP contribution is 2.26. The van der Waals surface area contributed by atoms with Crippen molar-refractivity contribution in [2.24, 2.45) is 5.73 Å². The normalized spacial score (nSPS) is 17.0. The van der Waals surface area contributed by atoms with Gasteiger partial charge in [-0.05, 0) is 37.6 Å². The molecular formula is C14H18N2O. The summed E-state index contributed by atoms with van der Waals surface area (Å²) in [6.45, 7) is 3.98. The summed E-state index contributed by atoms with van der Waals surface area (Å²) in [5.74, 6) is 0. The molecule has 2 aromatic rings. The molecule has 3 rings (SSSR count). The molecular weight excluding hydrogens is 212 g/mol. The maximum Gasteiger partial charge on any atom is 0.134 e. The van der Waals surface area contributed by atoms with E-state index in [9.17, 15) is 0 Å². The average Bonchev–Trinajstić information content (AvgIpc) is 2.99. The lowest BCUT2D eigenvalue weighted by molar-refractivity contribution is 0.331. The van der Waals surface area contributed by atoms with Gasteiger partial charge in [0, 0.05) is 24.0 Å². The summed E-state index contributed by atoms with van der Waals surface area (Å²) in [6.07, 6.45) is 4.53. The molecule has 2 heterocycles. The van der Waals surface area contributed by atoms with Gasteiger partial charge >= 0.3 is 0 Å². The maximum absolute atomic E-state index is 5.80. The summed E-state index contributed by atoms with van der Waals surface area (Å²) in [5, 5.41) is 1.22. The summed E-state index contributed by atoms with van der Waals surface area (Å²) in [7, 11) is 0. The van der Waals surface area contributed by atoms with E-state index in [1.165, 1.54) is 42.4 Å². The molecule has 1 aromatic heterocycles. The molecule has 1 saturated heterocycles. The van der Waals surface area contributed by atoms with E-state index in [4.69, 9.17) is 10.2 Å². The Morgan fingerprint density at radius 2 is 2.00 bits per heavy atom. The Morgan fingerprint density at radius 1 is 1.18 bits per heavy atom. The molecule has 1 aliphatic heterocycles. The summed E-state index contributed by atoms with van der Waals surface area (Å²) in [5.41, 5.74) is 9.22. The van der Waals surface area contributed by atoms with Crippen molar-refractivity contribution < 1.29 is 4.42 Å². The van der Waals surface area contributed by atoms with Crippen LogP contribution in [-0.2, 0) is 13.1 Å². The van der Waals surface area contributed by atoms with Gasteiger partial charge in [0.05, 0.1) is 6.26 Å². The first-order chi connectivity index (χ1) is 8.38. The van der Waals surface area contributed by atoms with Crippen molar-refractivity contribution in [2.45, 2.75) is 25.9 Å². The number of nitrogens with zero attached hydrogens (tertiary/aromatic N) is 1. The fourth-order valence-electron chi connectivity index (χ4n) is 2.70. The molecule has 0 atom stereocenters. The fourth-order valence-corrected chi connectivity index (χ4v) is 2.70. The van der Waals surface area contributed by atoms with Gasteiger partial charge in [0.25, 0.3) is 0 Å². The summed E-state index contributed by atoms with van der Waals surface area (Å²) in [6, 6.07) is 6.11. The van der Waals surface area contributed by atoms with Gasteiger partial charge in [0.1, 0.15) is 5.58 Å². The Balaban J connectivity index is 1.98. The molecule has 0 spiro atoms. The van der Waals surface area contributed by atoms with E-state index < -0.39 is 0 Å². The van der Waals surface area contributed by atoms with Crippen LogP contribution in [0.3, 0.4) is 0 Å². The topological polar surface area (TPSA) is 42.4 Å². The lowest BCUT2D eigenvalue weighted by Crippen LogP contribution is -2.18. The number of rotatable bonds is 3. The van der Waals surface area contributed by atoms with Gasteiger partial charge in [-0.15, -0.1) is 0 Å². The molecule has 1 aromatic carbocycles. The smallest absolute Gasteiger partial charge is 0.134 e. The maximum atomic E-state index is 5.80. The fraction of sp³-hybridized carbons (Fsp3) is 0.429. The van der Waals surface area contributed by atoms with Crippen LogP contribution in [-0.4, -0.2) is 18.0 Å². The van der Waals surface area contributed by atoms with Crippen LogP contribution in [0.25, 0.3) is 11.0 Å². The number of hydrogen-bond acceptors (Lipinski definition) is 3. The van der Waals surface area contributed by atoms with Gasteiger partial charge in [-0.25, -0.2) is 0 Å². The first kappa shape index (κ1) is 10.8. The number of furan rings is 1. The Bertz CT molecular complexity index is 512. The Labute approximate surface area is 101 Å². The molecule has 0 radical (unpaired) electrons. The molecule has 1 aliphatic rings. The summed E-state index contributed by atoms with van der Waals surface area (Å²) < 4.78 is 5.62. The molecule has 0 aliphatic carbocycles. The van der Waals surface area contributed by atoms with Crippen molar-refractivity contribution in [3.8, 4) is 0 Å². The predicted molar refractivity (Wildman–Crippen MR) is 68.6 cm³/mol. The van der Waals surface area contributed by atoms with Crippen LogP contribution in [0.5, 0.6) is 0 Å². The zero-order valence-electron chi connectivity index (χ0n) is 9.98. The van der Waals surface area contributed by atoms with E-state index in [1.54, 1.807) is 0 Å². The van der Waals surface area contributed by atoms with E-state index in [0.29, 0.717) is 6.54 Å². The van der Waals surface area contributed by atoms with Crippen molar-refractivity contribution >= 4 is 11.0 Å². The Kier molecular flexibility index (Phi) is 2.87. The molecule has 0 bridgehead atoms. The first-order valence-electron chi connectivity index (χ1n) is 6.29. The number of likely N-dealkylation sites (tertiary alicyclic amines) is 1. The van der Waals surface area contributed by atoms with Crippen molar-refractivity contribution in [3.05, 3.63) is 35.6 Å². The van der Waals surface area contributed by atoms with Gasteiger partial charge in [-0.3, -0.25) is 4.90 Å². The van der Waals surface area contributed by atoms with Crippen molar-refractivity contribution in [2.75, 3.05) is 13.1 Å². The molecule has 3 nitrogen and oxygen atoms in total. The average molecular weight is 230 g/mol. The van der Waals surface area contributed by atoms with Crippen molar-refractivity contribution in [1.29, 1.82) is 0 Å². The minimum atomic E-state index is 0.573. The van der Waals surface area contributed by atoms with Gasteiger partial charge in [0.15, 0.2) is 0 Å². The monoisotopic (exact) mass is 230 g/mol. The zero-order chi connectivity index (χ0) is 11.7. The van der Waals surface area contributed by atoms with E-state index >= 15 is 0 Å². The van der Waals surface area contributed by atoms with E-state index in [-0.39, 0.29) is 0 Å². The molecule has 0 unspecified atom stereocenters. The van der Waals surface area contributed by atoms with Gasteiger partial charge in [-0.2, -0.15) is 0 Å². The molecule has 0 amide bonds. The molecule has 90 valence electrons. The first-order valence-corrected chi connectivity index (χ1v) is 6.29. The van der Waals surface area contributed by atoms with Crippen molar-refractivity contribution in [1.82, 2.24) is 4.90 Å². The standard InChI is InChI=1S/C14H18N2O/c15-8-11-4-3-5-13-14(11)12(10-17-13)9-16-6-1-2-7-16/h3-5,10H,1-2,6-9,15H2. The van der Waals surface area contributed by atoms with Gasteiger partial charge in [-0.1, -0.05) is 12.1 Å². The minimum absolute atomic E-state index is 0.573. The second-order valence-electron chi connectivity index (χ2n) is 4.74. The number of hydrogen-bond donors (Lipinski definition) is 1. The third-order valence-electron chi connectivity index (χ3n) is 3.57. The summed E-state index contributed by atoms with van der Waals surface area (Å²) in [4.78, 5) is 2.48. The zero-order valence-corrected chi connectivity index (χ0v) is 9.98. The quantitative estimate of drug-likeness (QED) is 0.880. The largest absolute Gasteiger partial charge is 0.464 e. The van der Waals surface area contributed by atoms with E-state index in [0.717, 1.165) is 12.1 Å². The predicted octanol–water partition coefficient (Wildman–Crippen LogP) is 2.49. The number of benzene rings is 1. The van der Waals surface area contributed by atoms with E-state index in [1.807, 2.05) is 18.4 Å². The lowest BCUT2D eigenvalue weighted by Gasteiger charge is -2.13. The van der Waals surface area contributed by atoms with Crippen LogP contribution in [0.4, 0.5) is 0 Å².